The van der Waals surface area contributed by atoms with E-state index in [0.29, 0.717) is 25.6 Å². The predicted molar refractivity (Wildman–Crippen MR) is 110 cm³/mol. The first-order chi connectivity index (χ1) is 12.6. The fourth-order valence-corrected chi connectivity index (χ4v) is 2.33. The molecular formula is C20H34N4O3. The number of guanidine groups is 1. The zero-order valence-corrected chi connectivity index (χ0v) is 17.6. The van der Waals surface area contributed by atoms with Gasteiger partial charge in [-0.05, 0) is 38.5 Å². The Balaban J connectivity index is 2.41. The van der Waals surface area contributed by atoms with E-state index in [4.69, 9.17) is 9.47 Å². The van der Waals surface area contributed by atoms with E-state index in [1.165, 1.54) is 5.56 Å². The Hall–Kier alpha value is -2.44. The molecule has 0 saturated carbocycles. The second-order valence-electron chi connectivity index (χ2n) is 7.89. The van der Waals surface area contributed by atoms with Gasteiger partial charge in [0.2, 0.25) is 0 Å². The summed E-state index contributed by atoms with van der Waals surface area (Å²) in [4.78, 5) is 15.8. The van der Waals surface area contributed by atoms with Crippen LogP contribution >= 0.6 is 0 Å². The maximum atomic E-state index is 11.6. The molecule has 0 aliphatic carbocycles. The van der Waals surface area contributed by atoms with E-state index in [-0.39, 0.29) is 5.41 Å². The number of carbonyl (C=O) groups excluding carboxylic acids is 1. The van der Waals surface area contributed by atoms with Crippen LogP contribution in [0.4, 0.5) is 4.79 Å². The number of alkyl carbamates (subject to hydrolysis) is 1. The summed E-state index contributed by atoms with van der Waals surface area (Å²) in [7, 11) is 3.38. The Labute approximate surface area is 162 Å². The summed E-state index contributed by atoms with van der Waals surface area (Å²) >= 11 is 0. The number of amides is 1. The average molecular weight is 379 g/mol. The molecule has 7 nitrogen and oxygen atoms in total. The SMILES string of the molecule is CN=C(NCCNC(=O)OC(C)(C)C)NCC(C)(C)c1ccc(OC)cc1. The van der Waals surface area contributed by atoms with Crippen molar-refractivity contribution in [2.75, 3.05) is 33.8 Å². The van der Waals surface area contributed by atoms with Gasteiger partial charge in [-0.1, -0.05) is 26.0 Å². The van der Waals surface area contributed by atoms with E-state index in [0.717, 1.165) is 5.75 Å². The zero-order chi connectivity index (χ0) is 20.5. The number of nitrogens with zero attached hydrogens (tertiary/aromatic N) is 1. The Morgan fingerprint density at radius 1 is 1.00 bits per heavy atom. The first-order valence-electron chi connectivity index (χ1n) is 9.13. The van der Waals surface area contributed by atoms with E-state index < -0.39 is 11.7 Å². The van der Waals surface area contributed by atoms with E-state index in [1.807, 2.05) is 32.9 Å². The Kier molecular flexibility index (Phi) is 8.40. The molecule has 7 heteroatoms. The number of hydrogen-bond acceptors (Lipinski definition) is 4. The van der Waals surface area contributed by atoms with Gasteiger partial charge >= 0.3 is 6.09 Å². The van der Waals surface area contributed by atoms with Crippen LogP contribution in [0.15, 0.2) is 29.3 Å². The molecule has 1 rings (SSSR count). The summed E-state index contributed by atoms with van der Waals surface area (Å²) in [5.41, 5.74) is 0.624. The zero-order valence-electron chi connectivity index (χ0n) is 17.6. The number of rotatable bonds is 7. The summed E-state index contributed by atoms with van der Waals surface area (Å²) in [5.74, 6) is 1.53. The number of methoxy groups -OCH3 is 1. The molecule has 3 N–H and O–H groups in total. The van der Waals surface area contributed by atoms with Crippen LogP contribution in [0.1, 0.15) is 40.2 Å². The van der Waals surface area contributed by atoms with Crippen LogP contribution in [0.25, 0.3) is 0 Å². The van der Waals surface area contributed by atoms with Gasteiger partial charge in [-0.3, -0.25) is 4.99 Å². The van der Waals surface area contributed by atoms with Gasteiger partial charge in [-0.2, -0.15) is 0 Å². The van der Waals surface area contributed by atoms with Gasteiger partial charge in [-0.25, -0.2) is 4.79 Å². The summed E-state index contributed by atoms with van der Waals surface area (Å²) in [5, 5.41) is 9.21. The fourth-order valence-electron chi connectivity index (χ4n) is 2.33. The summed E-state index contributed by atoms with van der Waals surface area (Å²) in [6.45, 7) is 11.5. The van der Waals surface area contributed by atoms with E-state index in [9.17, 15) is 4.79 Å². The van der Waals surface area contributed by atoms with Gasteiger partial charge in [0.05, 0.1) is 7.11 Å². The van der Waals surface area contributed by atoms with Crippen LogP contribution in [0.3, 0.4) is 0 Å². The summed E-state index contributed by atoms with van der Waals surface area (Å²) in [6.07, 6.45) is -0.423. The van der Waals surface area contributed by atoms with E-state index in [1.54, 1.807) is 14.2 Å². The van der Waals surface area contributed by atoms with Crippen molar-refractivity contribution in [3.8, 4) is 5.75 Å². The molecule has 0 aliphatic heterocycles. The van der Waals surface area contributed by atoms with Crippen molar-refractivity contribution >= 4 is 12.1 Å². The molecule has 27 heavy (non-hydrogen) atoms. The predicted octanol–water partition coefficient (Wildman–Crippen LogP) is 2.66. The molecule has 0 radical (unpaired) electrons. The van der Waals surface area contributed by atoms with Crippen LogP contribution in [-0.2, 0) is 10.2 Å². The average Bonchev–Trinajstić information content (AvgIpc) is 2.59. The number of nitrogens with one attached hydrogen (secondary N) is 3. The van der Waals surface area contributed by atoms with Crippen LogP contribution in [0, 0.1) is 0 Å². The van der Waals surface area contributed by atoms with Crippen molar-refractivity contribution in [1.29, 1.82) is 0 Å². The van der Waals surface area contributed by atoms with Crippen molar-refractivity contribution in [3.63, 3.8) is 0 Å². The van der Waals surface area contributed by atoms with Gasteiger partial charge < -0.3 is 25.4 Å². The van der Waals surface area contributed by atoms with E-state index >= 15 is 0 Å². The lowest BCUT2D eigenvalue weighted by Gasteiger charge is -2.27. The quantitative estimate of drug-likeness (QED) is 0.386. The minimum atomic E-state index is -0.498. The molecular weight excluding hydrogens is 344 g/mol. The van der Waals surface area contributed by atoms with Crippen LogP contribution in [0.5, 0.6) is 5.75 Å². The third-order valence-electron chi connectivity index (χ3n) is 3.88. The molecule has 1 aromatic rings. The molecule has 0 aromatic heterocycles. The Morgan fingerprint density at radius 3 is 2.11 bits per heavy atom. The number of aliphatic imine (C=N–C) groups is 1. The fraction of sp³-hybridized carbons (Fsp3) is 0.600. The summed E-state index contributed by atoms with van der Waals surface area (Å²) in [6, 6.07) is 8.07. The molecule has 0 unspecified atom stereocenters. The van der Waals surface area contributed by atoms with Crippen molar-refractivity contribution in [2.45, 2.75) is 45.6 Å². The third-order valence-corrected chi connectivity index (χ3v) is 3.88. The van der Waals surface area contributed by atoms with Crippen molar-refractivity contribution in [1.82, 2.24) is 16.0 Å². The highest BCUT2D eigenvalue weighted by atomic mass is 16.6. The third kappa shape index (κ3) is 8.66. The van der Waals surface area contributed by atoms with Crippen molar-refractivity contribution in [3.05, 3.63) is 29.8 Å². The molecule has 0 atom stereocenters. The molecule has 152 valence electrons. The molecule has 1 amide bonds. The van der Waals surface area contributed by atoms with Gasteiger partial charge in [-0.15, -0.1) is 0 Å². The van der Waals surface area contributed by atoms with E-state index in [2.05, 4.69) is 46.9 Å². The number of carbonyl (C=O) groups is 1. The molecule has 1 aromatic carbocycles. The molecule has 0 bridgehead atoms. The van der Waals surface area contributed by atoms with Crippen molar-refractivity contribution in [2.24, 2.45) is 4.99 Å². The van der Waals surface area contributed by atoms with Crippen LogP contribution in [-0.4, -0.2) is 51.4 Å². The first kappa shape index (κ1) is 22.6. The summed E-state index contributed by atoms with van der Waals surface area (Å²) < 4.78 is 10.4. The monoisotopic (exact) mass is 378 g/mol. The molecule has 0 saturated heterocycles. The number of ether oxygens (including phenoxy) is 2. The molecule has 0 aliphatic rings. The first-order valence-corrected chi connectivity index (χ1v) is 9.13. The standard InChI is InChI=1S/C20H34N4O3/c1-19(2,3)27-18(25)23-13-12-22-17(21-6)24-14-20(4,5)15-8-10-16(26-7)11-9-15/h8-11H,12-14H2,1-7H3,(H,23,25)(H2,21,22,24). The minimum absolute atomic E-state index is 0.0847. The lowest BCUT2D eigenvalue weighted by Crippen LogP contribution is -2.45. The lowest BCUT2D eigenvalue weighted by atomic mass is 9.84. The Morgan fingerprint density at radius 2 is 1.59 bits per heavy atom. The van der Waals surface area contributed by atoms with Crippen molar-refractivity contribution < 1.29 is 14.3 Å². The number of benzene rings is 1. The normalized spacial score (nSPS) is 12.3. The Bertz CT molecular complexity index is 619. The van der Waals surface area contributed by atoms with Crippen LogP contribution < -0.4 is 20.7 Å². The smallest absolute Gasteiger partial charge is 0.407 e. The van der Waals surface area contributed by atoms with Gasteiger partial charge in [0.15, 0.2) is 5.96 Å². The highest BCUT2D eigenvalue weighted by Gasteiger charge is 2.21. The topological polar surface area (TPSA) is 84.0 Å². The lowest BCUT2D eigenvalue weighted by molar-refractivity contribution is 0.0529. The van der Waals surface area contributed by atoms with Gasteiger partial charge in [0.1, 0.15) is 11.4 Å². The molecule has 0 fully saturated rings. The highest BCUT2D eigenvalue weighted by Crippen LogP contribution is 2.24. The van der Waals surface area contributed by atoms with Crippen LogP contribution in [0.2, 0.25) is 0 Å². The maximum absolute atomic E-state index is 11.6. The van der Waals surface area contributed by atoms with Gasteiger partial charge in [0, 0.05) is 32.1 Å². The highest BCUT2D eigenvalue weighted by molar-refractivity contribution is 5.79. The second-order valence-corrected chi connectivity index (χ2v) is 7.89. The number of hydrogen-bond donors (Lipinski definition) is 3. The second kappa shape index (κ2) is 10.0. The van der Waals surface area contributed by atoms with Gasteiger partial charge in [0.25, 0.3) is 0 Å². The minimum Gasteiger partial charge on any atom is -0.497 e. The largest absolute Gasteiger partial charge is 0.497 e. The molecule has 0 heterocycles. The maximum Gasteiger partial charge on any atom is 0.407 e. The molecule has 0 spiro atoms.